The topological polar surface area (TPSA) is 99.6 Å². The van der Waals surface area contributed by atoms with Gasteiger partial charge in [0.15, 0.2) is 5.69 Å². The number of carbonyl (C=O) groups excluding carboxylic acids is 3. The molecule has 3 heterocycles. The molecule has 1 atom stereocenters. The number of likely N-dealkylation sites (N-methyl/N-ethyl adjacent to an activating group) is 1. The predicted molar refractivity (Wildman–Crippen MR) is 143 cm³/mol. The van der Waals surface area contributed by atoms with Gasteiger partial charge in [-0.1, -0.05) is 54.6 Å². The summed E-state index contributed by atoms with van der Waals surface area (Å²) in [6.07, 6.45) is 1.87. The maximum absolute atomic E-state index is 13.1. The Balaban J connectivity index is 1.15. The van der Waals surface area contributed by atoms with Gasteiger partial charge >= 0.3 is 0 Å². The highest BCUT2D eigenvalue weighted by molar-refractivity contribution is 6.01. The number of hydrogen-bond donors (Lipinski definition) is 2. The van der Waals surface area contributed by atoms with Gasteiger partial charge in [0.1, 0.15) is 11.2 Å². The van der Waals surface area contributed by atoms with Crippen molar-refractivity contribution in [2.24, 2.45) is 0 Å². The minimum atomic E-state index is -1.13. The van der Waals surface area contributed by atoms with Crippen LogP contribution in [0.25, 0.3) is 0 Å². The molecular formula is C29H34N6O3. The number of fused-ring (bicyclic) bond motifs is 2. The van der Waals surface area contributed by atoms with Crippen LogP contribution in [-0.2, 0) is 30.8 Å². The Bertz CT molecular complexity index is 1340. The van der Waals surface area contributed by atoms with E-state index in [1.54, 1.807) is 14.0 Å². The van der Waals surface area contributed by atoms with E-state index in [-0.39, 0.29) is 30.0 Å². The lowest BCUT2D eigenvalue weighted by atomic mass is 9.96. The van der Waals surface area contributed by atoms with Crippen molar-refractivity contribution >= 4 is 17.7 Å². The molecule has 9 heteroatoms. The zero-order valence-corrected chi connectivity index (χ0v) is 21.9. The minimum Gasteiger partial charge on any atom is -0.351 e. The zero-order valence-electron chi connectivity index (χ0n) is 21.9. The van der Waals surface area contributed by atoms with Crippen molar-refractivity contribution < 1.29 is 14.4 Å². The zero-order chi connectivity index (χ0) is 26.7. The summed E-state index contributed by atoms with van der Waals surface area (Å²) < 4.78 is 1.48. The van der Waals surface area contributed by atoms with E-state index in [1.165, 1.54) is 26.8 Å². The van der Waals surface area contributed by atoms with Crippen LogP contribution in [0.15, 0.2) is 60.7 Å². The average Bonchev–Trinajstić information content (AvgIpc) is 3.37. The molecule has 0 saturated heterocycles. The van der Waals surface area contributed by atoms with Crippen LogP contribution in [-0.4, -0.2) is 69.5 Å². The van der Waals surface area contributed by atoms with Crippen LogP contribution in [0.4, 0.5) is 0 Å². The molecule has 198 valence electrons. The quantitative estimate of drug-likeness (QED) is 0.449. The van der Waals surface area contributed by atoms with Gasteiger partial charge in [0, 0.05) is 45.8 Å². The van der Waals surface area contributed by atoms with Gasteiger partial charge in [0.2, 0.25) is 5.91 Å². The number of aromatic nitrogens is 2. The fraction of sp³-hybridized carbons (Fsp3) is 0.379. The molecule has 1 aromatic heterocycles. The van der Waals surface area contributed by atoms with E-state index in [2.05, 4.69) is 44.9 Å². The van der Waals surface area contributed by atoms with Gasteiger partial charge in [-0.15, -0.1) is 0 Å². The summed E-state index contributed by atoms with van der Waals surface area (Å²) in [6.45, 7) is 5.61. The summed E-state index contributed by atoms with van der Waals surface area (Å²) in [7, 11) is 1.61. The van der Waals surface area contributed by atoms with E-state index in [9.17, 15) is 14.4 Å². The third-order valence-corrected chi connectivity index (χ3v) is 7.67. The Morgan fingerprint density at radius 1 is 1.03 bits per heavy atom. The van der Waals surface area contributed by atoms with Gasteiger partial charge in [-0.2, -0.15) is 5.10 Å². The van der Waals surface area contributed by atoms with Crippen LogP contribution in [0.2, 0.25) is 0 Å². The van der Waals surface area contributed by atoms with Crippen molar-refractivity contribution in [1.82, 2.24) is 30.2 Å². The lowest BCUT2D eigenvalue weighted by Gasteiger charge is -2.40. The van der Waals surface area contributed by atoms with Crippen molar-refractivity contribution in [3.63, 3.8) is 0 Å². The first kappa shape index (κ1) is 25.7. The third-order valence-electron chi connectivity index (χ3n) is 7.67. The summed E-state index contributed by atoms with van der Waals surface area (Å²) in [4.78, 5) is 42.9. The molecule has 0 fully saturated rings. The van der Waals surface area contributed by atoms with Crippen molar-refractivity contribution in [2.45, 2.75) is 44.9 Å². The Kier molecular flexibility index (Phi) is 7.28. The molecule has 38 heavy (non-hydrogen) atoms. The SMILES string of the molecule is CN1C(=O)c2cc(C(=O)NCCCN3CCc4ccccc4C3)nn2CC1(C)C(=O)NCc1ccccc1. The summed E-state index contributed by atoms with van der Waals surface area (Å²) >= 11 is 0. The van der Waals surface area contributed by atoms with Crippen LogP contribution in [0.5, 0.6) is 0 Å². The van der Waals surface area contributed by atoms with E-state index in [0.717, 1.165) is 38.0 Å². The van der Waals surface area contributed by atoms with Crippen molar-refractivity contribution in [1.29, 1.82) is 0 Å². The van der Waals surface area contributed by atoms with Crippen LogP contribution in [0.3, 0.4) is 0 Å². The second-order valence-corrected chi connectivity index (χ2v) is 10.3. The minimum absolute atomic E-state index is 0.162. The lowest BCUT2D eigenvalue weighted by molar-refractivity contribution is -0.132. The first-order valence-corrected chi connectivity index (χ1v) is 13.1. The van der Waals surface area contributed by atoms with Crippen molar-refractivity contribution in [3.05, 3.63) is 88.7 Å². The lowest BCUT2D eigenvalue weighted by Crippen LogP contribution is -2.62. The average molecular weight is 515 g/mol. The molecule has 0 spiro atoms. The summed E-state index contributed by atoms with van der Waals surface area (Å²) in [5, 5.41) is 10.3. The fourth-order valence-electron chi connectivity index (χ4n) is 5.15. The Hall–Kier alpha value is -3.98. The van der Waals surface area contributed by atoms with E-state index in [0.29, 0.717) is 18.8 Å². The molecule has 9 nitrogen and oxygen atoms in total. The molecule has 3 amide bonds. The highest BCUT2D eigenvalue weighted by atomic mass is 16.2. The van der Waals surface area contributed by atoms with Gasteiger partial charge in [0.05, 0.1) is 6.54 Å². The summed E-state index contributed by atoms with van der Waals surface area (Å²) in [5.41, 5.74) is 3.12. The third kappa shape index (κ3) is 5.19. The molecule has 1 unspecified atom stereocenters. The van der Waals surface area contributed by atoms with Gasteiger partial charge in [0.25, 0.3) is 11.8 Å². The molecule has 0 saturated carbocycles. The molecule has 0 bridgehead atoms. The van der Waals surface area contributed by atoms with Crippen LogP contribution >= 0.6 is 0 Å². The van der Waals surface area contributed by atoms with Gasteiger partial charge in [-0.3, -0.25) is 24.0 Å². The largest absolute Gasteiger partial charge is 0.351 e. The molecule has 2 aliphatic rings. The smallest absolute Gasteiger partial charge is 0.272 e. The number of rotatable bonds is 8. The monoisotopic (exact) mass is 514 g/mol. The first-order chi connectivity index (χ1) is 18.3. The normalized spacial score (nSPS) is 19.0. The molecule has 0 radical (unpaired) electrons. The highest BCUT2D eigenvalue weighted by Gasteiger charge is 2.46. The fourth-order valence-corrected chi connectivity index (χ4v) is 5.15. The van der Waals surface area contributed by atoms with Gasteiger partial charge in [-0.05, 0) is 36.5 Å². The maximum atomic E-state index is 13.1. The van der Waals surface area contributed by atoms with Crippen LogP contribution in [0.1, 0.15) is 51.0 Å². The number of nitrogens with one attached hydrogen (secondary N) is 2. The highest BCUT2D eigenvalue weighted by Crippen LogP contribution is 2.26. The molecular weight excluding hydrogens is 480 g/mol. The van der Waals surface area contributed by atoms with Gasteiger partial charge in [-0.25, -0.2) is 0 Å². The Morgan fingerprint density at radius 3 is 2.55 bits per heavy atom. The molecule has 3 aromatic rings. The van der Waals surface area contributed by atoms with Crippen LogP contribution in [0, 0.1) is 0 Å². The molecule has 0 aliphatic carbocycles. The van der Waals surface area contributed by atoms with Crippen LogP contribution < -0.4 is 10.6 Å². The predicted octanol–water partition coefficient (Wildman–Crippen LogP) is 2.22. The van der Waals surface area contributed by atoms with E-state index >= 15 is 0 Å². The maximum Gasteiger partial charge on any atom is 0.272 e. The standard InChI is InChI=1S/C29H34N6O3/c1-29(28(38)31-18-21-9-4-3-5-10-21)20-35-25(27(37)33(29)2)17-24(32-35)26(36)30-14-8-15-34-16-13-22-11-6-7-12-23(22)19-34/h3-7,9-12,17H,8,13-16,18-20H2,1-2H3,(H,30,36)(H,31,38). The Morgan fingerprint density at radius 2 is 1.76 bits per heavy atom. The second-order valence-electron chi connectivity index (χ2n) is 10.3. The van der Waals surface area contributed by atoms with E-state index < -0.39 is 5.54 Å². The van der Waals surface area contributed by atoms with Crippen molar-refractivity contribution in [2.75, 3.05) is 26.7 Å². The second kappa shape index (κ2) is 10.8. The van der Waals surface area contributed by atoms with Crippen molar-refractivity contribution in [3.8, 4) is 0 Å². The number of carbonyl (C=O) groups is 3. The molecule has 2 N–H and O–H groups in total. The van der Waals surface area contributed by atoms with E-state index in [4.69, 9.17) is 0 Å². The number of nitrogens with zero attached hydrogens (tertiary/aromatic N) is 4. The first-order valence-electron chi connectivity index (χ1n) is 13.1. The van der Waals surface area contributed by atoms with E-state index in [1.807, 2.05) is 30.3 Å². The Labute approximate surface area is 222 Å². The number of hydrogen-bond acceptors (Lipinski definition) is 5. The summed E-state index contributed by atoms with van der Waals surface area (Å²) in [5.74, 6) is -0.934. The summed E-state index contributed by atoms with van der Waals surface area (Å²) in [6, 6.07) is 19.7. The molecule has 5 rings (SSSR count). The number of benzene rings is 2. The number of amides is 3. The molecule has 2 aliphatic heterocycles. The van der Waals surface area contributed by atoms with Gasteiger partial charge < -0.3 is 15.5 Å². The molecule has 2 aromatic carbocycles.